The van der Waals surface area contributed by atoms with E-state index in [1.54, 1.807) is 19.1 Å². The van der Waals surface area contributed by atoms with Crippen LogP contribution < -0.4 is 24.4 Å². The topological polar surface area (TPSA) is 131 Å². The summed E-state index contributed by atoms with van der Waals surface area (Å²) in [7, 11) is 0. The summed E-state index contributed by atoms with van der Waals surface area (Å²) in [6.07, 6.45) is 1.28. The number of hydrogen-bond donors (Lipinski definition) is 2. The van der Waals surface area contributed by atoms with Gasteiger partial charge in [0.2, 0.25) is 6.79 Å². The van der Waals surface area contributed by atoms with Crippen molar-refractivity contribution < 1.29 is 38.5 Å². The molecule has 2 aliphatic heterocycles. The Balaban J connectivity index is 1.77. The quantitative estimate of drug-likeness (QED) is 0.552. The van der Waals surface area contributed by atoms with Gasteiger partial charge in [0.1, 0.15) is 11.3 Å². The summed E-state index contributed by atoms with van der Waals surface area (Å²) in [6.45, 7) is 2.13. The van der Waals surface area contributed by atoms with Crippen LogP contribution in [0.25, 0.3) is 6.08 Å². The van der Waals surface area contributed by atoms with Gasteiger partial charge in [-0.2, -0.15) is 0 Å². The van der Waals surface area contributed by atoms with Crippen molar-refractivity contribution in [2.24, 2.45) is 0 Å². The Morgan fingerprint density at radius 2 is 1.94 bits per heavy atom. The maximum atomic E-state index is 13.1. The molecule has 10 nitrogen and oxygen atoms in total. The van der Waals surface area contributed by atoms with E-state index in [0.717, 1.165) is 0 Å². The van der Waals surface area contributed by atoms with Crippen LogP contribution in [-0.4, -0.2) is 42.3 Å². The van der Waals surface area contributed by atoms with Crippen molar-refractivity contribution in [1.29, 1.82) is 0 Å². The van der Waals surface area contributed by atoms with Crippen LogP contribution in [0.4, 0.5) is 10.5 Å². The maximum Gasteiger partial charge on any atom is 0.335 e. The maximum absolute atomic E-state index is 13.1. The van der Waals surface area contributed by atoms with E-state index in [4.69, 9.17) is 14.2 Å². The summed E-state index contributed by atoms with van der Waals surface area (Å²) in [6, 6.07) is 7.44. The van der Waals surface area contributed by atoms with Crippen molar-refractivity contribution in [2.45, 2.75) is 6.92 Å². The molecule has 1 fully saturated rings. The predicted molar refractivity (Wildman–Crippen MR) is 106 cm³/mol. The van der Waals surface area contributed by atoms with Gasteiger partial charge in [0.15, 0.2) is 11.5 Å². The van der Waals surface area contributed by atoms with Crippen LogP contribution in [0.15, 0.2) is 42.0 Å². The average molecular weight is 424 g/mol. The number of fused-ring (bicyclic) bond motifs is 1. The van der Waals surface area contributed by atoms with Crippen molar-refractivity contribution in [3.05, 3.63) is 53.1 Å². The van der Waals surface area contributed by atoms with Crippen LogP contribution in [-0.2, 0) is 9.59 Å². The molecule has 2 aromatic rings. The van der Waals surface area contributed by atoms with Gasteiger partial charge in [-0.25, -0.2) is 14.5 Å². The number of nitrogens with one attached hydrogen (secondary N) is 1. The van der Waals surface area contributed by atoms with E-state index in [-0.39, 0.29) is 23.6 Å². The molecule has 0 aromatic heterocycles. The lowest BCUT2D eigenvalue weighted by Crippen LogP contribution is -2.54. The highest BCUT2D eigenvalue weighted by atomic mass is 16.7. The van der Waals surface area contributed by atoms with Gasteiger partial charge in [-0.15, -0.1) is 0 Å². The summed E-state index contributed by atoms with van der Waals surface area (Å²) in [5.74, 6) is -1.78. The van der Waals surface area contributed by atoms with E-state index >= 15 is 0 Å². The second-order valence-electron chi connectivity index (χ2n) is 6.49. The number of aromatic carboxylic acids is 1. The van der Waals surface area contributed by atoms with E-state index in [2.05, 4.69) is 5.32 Å². The number of carboxylic acids is 1. The third-order valence-corrected chi connectivity index (χ3v) is 4.56. The van der Waals surface area contributed by atoms with Crippen LogP contribution in [0.1, 0.15) is 22.8 Å². The molecule has 0 unspecified atom stereocenters. The van der Waals surface area contributed by atoms with E-state index in [1.807, 2.05) is 0 Å². The van der Waals surface area contributed by atoms with E-state index in [0.29, 0.717) is 34.3 Å². The van der Waals surface area contributed by atoms with Gasteiger partial charge < -0.3 is 19.3 Å². The van der Waals surface area contributed by atoms with Gasteiger partial charge in [-0.05, 0) is 37.3 Å². The molecule has 0 bridgehead atoms. The lowest BCUT2D eigenvalue weighted by atomic mass is 10.0. The fraction of sp³-hybridized carbons (Fsp3) is 0.143. The number of carbonyl (C=O) groups excluding carboxylic acids is 3. The van der Waals surface area contributed by atoms with Crippen LogP contribution in [0.2, 0.25) is 0 Å². The van der Waals surface area contributed by atoms with Crippen LogP contribution >= 0.6 is 0 Å². The van der Waals surface area contributed by atoms with Crippen molar-refractivity contribution in [3.8, 4) is 17.2 Å². The number of carbonyl (C=O) groups is 4. The Morgan fingerprint density at radius 3 is 2.65 bits per heavy atom. The summed E-state index contributed by atoms with van der Waals surface area (Å²) >= 11 is 0. The first-order valence-corrected chi connectivity index (χ1v) is 9.20. The monoisotopic (exact) mass is 424 g/mol. The molecule has 2 aromatic carbocycles. The number of rotatable bonds is 5. The number of anilines is 1. The van der Waals surface area contributed by atoms with Gasteiger partial charge in [0, 0.05) is 11.6 Å². The summed E-state index contributed by atoms with van der Waals surface area (Å²) < 4.78 is 16.2. The SMILES string of the molecule is CCOc1cc2c(cc1C=C1C(=O)NC(=O)N(c3cccc(C(=O)O)c3)C1=O)OCO2. The molecule has 0 atom stereocenters. The molecule has 4 rings (SSSR count). The molecule has 4 amide bonds. The van der Waals surface area contributed by atoms with E-state index < -0.39 is 23.8 Å². The molecule has 1 saturated heterocycles. The molecule has 2 heterocycles. The minimum absolute atomic E-state index is 0.0107. The molecule has 31 heavy (non-hydrogen) atoms. The molecular formula is C21H16N2O8. The lowest BCUT2D eigenvalue weighted by Gasteiger charge is -2.26. The van der Waals surface area contributed by atoms with Gasteiger partial charge in [-0.1, -0.05) is 6.07 Å². The number of hydrogen-bond acceptors (Lipinski definition) is 7. The van der Waals surface area contributed by atoms with Gasteiger partial charge in [0.25, 0.3) is 11.8 Å². The molecule has 0 spiro atoms. The normalized spacial score (nSPS) is 16.5. The number of amides is 4. The van der Waals surface area contributed by atoms with Crippen molar-refractivity contribution >= 4 is 35.6 Å². The van der Waals surface area contributed by atoms with Gasteiger partial charge >= 0.3 is 12.0 Å². The highest BCUT2D eigenvalue weighted by Gasteiger charge is 2.37. The minimum atomic E-state index is -1.22. The molecular weight excluding hydrogens is 408 g/mol. The highest BCUT2D eigenvalue weighted by Crippen LogP contribution is 2.39. The first kappa shape index (κ1) is 20.0. The van der Waals surface area contributed by atoms with Crippen LogP contribution in [0.5, 0.6) is 17.2 Å². The second kappa shape index (κ2) is 7.82. The Labute approximate surface area is 175 Å². The largest absolute Gasteiger partial charge is 0.493 e. The number of barbiturate groups is 1. The van der Waals surface area contributed by atoms with Crippen LogP contribution in [0, 0.1) is 0 Å². The molecule has 158 valence electrons. The third-order valence-electron chi connectivity index (χ3n) is 4.56. The summed E-state index contributed by atoms with van der Waals surface area (Å²) in [5.41, 5.74) is -0.0650. The van der Waals surface area contributed by atoms with E-state index in [1.165, 1.54) is 30.3 Å². The first-order valence-electron chi connectivity index (χ1n) is 9.20. The molecule has 0 aliphatic carbocycles. The van der Waals surface area contributed by atoms with Crippen molar-refractivity contribution in [2.75, 3.05) is 18.3 Å². The lowest BCUT2D eigenvalue weighted by molar-refractivity contribution is -0.122. The van der Waals surface area contributed by atoms with Gasteiger partial charge in [0.05, 0.1) is 17.9 Å². The zero-order valence-corrected chi connectivity index (χ0v) is 16.2. The van der Waals surface area contributed by atoms with Crippen LogP contribution in [0.3, 0.4) is 0 Å². The first-order chi connectivity index (χ1) is 14.9. The van der Waals surface area contributed by atoms with Gasteiger partial charge in [-0.3, -0.25) is 14.9 Å². The molecule has 2 N–H and O–H groups in total. The Bertz CT molecular complexity index is 1150. The predicted octanol–water partition coefficient (Wildman–Crippen LogP) is 2.18. The smallest absolute Gasteiger partial charge is 0.335 e. The molecule has 0 saturated carbocycles. The molecule has 2 aliphatic rings. The number of ether oxygens (including phenoxy) is 3. The number of benzene rings is 2. The second-order valence-corrected chi connectivity index (χ2v) is 6.49. The fourth-order valence-corrected chi connectivity index (χ4v) is 3.16. The van der Waals surface area contributed by atoms with E-state index in [9.17, 15) is 24.3 Å². The average Bonchev–Trinajstić information content (AvgIpc) is 3.18. The molecule has 0 radical (unpaired) electrons. The van der Waals surface area contributed by atoms with Crippen molar-refractivity contribution in [3.63, 3.8) is 0 Å². The molecule has 10 heteroatoms. The number of carboxylic acid groups (broad SMARTS) is 1. The highest BCUT2D eigenvalue weighted by molar-refractivity contribution is 6.39. The fourth-order valence-electron chi connectivity index (χ4n) is 3.16. The summed E-state index contributed by atoms with van der Waals surface area (Å²) in [5, 5.41) is 11.3. The minimum Gasteiger partial charge on any atom is -0.493 e. The van der Waals surface area contributed by atoms with Crippen molar-refractivity contribution in [1.82, 2.24) is 5.32 Å². The standard InChI is InChI=1S/C21H16N2O8/c1-2-29-15-9-17-16(30-10-31-17)8-12(15)7-14-18(24)22-21(28)23(19(14)25)13-5-3-4-11(6-13)20(26)27/h3-9H,2,10H2,1H3,(H,26,27)(H,22,24,28). The zero-order chi connectivity index (χ0) is 22.1. The number of nitrogens with zero attached hydrogens (tertiary/aromatic N) is 1. The Kier molecular flexibility index (Phi) is 5.04. The summed E-state index contributed by atoms with van der Waals surface area (Å²) in [4.78, 5) is 49.8. The number of imide groups is 2. The Morgan fingerprint density at radius 1 is 1.19 bits per heavy atom. The Hall–Kier alpha value is -4.34. The number of urea groups is 1. The zero-order valence-electron chi connectivity index (χ0n) is 16.2. The third kappa shape index (κ3) is 3.66.